The standard InChI is InChI=1S/C13H23NO/c1-2-11-3-5-12(6-4-11)14-9-7-13(15)8-10-14/h11-12H,2-10H2,1H3. The quantitative estimate of drug-likeness (QED) is 0.697. The topological polar surface area (TPSA) is 20.3 Å². The summed E-state index contributed by atoms with van der Waals surface area (Å²) >= 11 is 0. The maximum atomic E-state index is 11.2. The third kappa shape index (κ3) is 2.81. The molecule has 15 heavy (non-hydrogen) atoms. The Hall–Kier alpha value is -0.370. The Labute approximate surface area is 93.0 Å². The number of piperidine rings is 1. The van der Waals surface area contributed by atoms with Crippen LogP contribution < -0.4 is 0 Å². The summed E-state index contributed by atoms with van der Waals surface area (Å²) in [5.74, 6) is 1.45. The van der Waals surface area contributed by atoms with Gasteiger partial charge in [-0.05, 0) is 31.6 Å². The van der Waals surface area contributed by atoms with Gasteiger partial charge in [0.1, 0.15) is 5.78 Å². The second-order valence-corrected chi connectivity index (χ2v) is 5.16. The monoisotopic (exact) mass is 209 g/mol. The lowest BCUT2D eigenvalue weighted by Gasteiger charge is -2.38. The molecule has 1 aliphatic carbocycles. The number of Topliss-reactive ketones (excluding diaryl/α,β-unsaturated/α-hetero) is 1. The number of hydrogen-bond acceptors (Lipinski definition) is 2. The smallest absolute Gasteiger partial charge is 0.135 e. The molecule has 2 fully saturated rings. The van der Waals surface area contributed by atoms with Gasteiger partial charge in [-0.3, -0.25) is 9.69 Å². The second-order valence-electron chi connectivity index (χ2n) is 5.16. The molecule has 0 amide bonds. The highest BCUT2D eigenvalue weighted by molar-refractivity contribution is 5.79. The molecule has 0 radical (unpaired) electrons. The first-order chi connectivity index (χ1) is 7.29. The molecule has 0 aromatic rings. The van der Waals surface area contributed by atoms with E-state index in [-0.39, 0.29) is 0 Å². The van der Waals surface area contributed by atoms with Crippen molar-refractivity contribution in [1.29, 1.82) is 0 Å². The van der Waals surface area contributed by atoms with Crippen molar-refractivity contribution in [1.82, 2.24) is 4.90 Å². The van der Waals surface area contributed by atoms with Crippen molar-refractivity contribution in [3.63, 3.8) is 0 Å². The maximum Gasteiger partial charge on any atom is 0.135 e. The van der Waals surface area contributed by atoms with Gasteiger partial charge in [-0.15, -0.1) is 0 Å². The van der Waals surface area contributed by atoms with Gasteiger partial charge in [0, 0.05) is 32.0 Å². The molecule has 86 valence electrons. The van der Waals surface area contributed by atoms with E-state index in [9.17, 15) is 4.79 Å². The maximum absolute atomic E-state index is 11.2. The van der Waals surface area contributed by atoms with Crippen molar-refractivity contribution in [3.05, 3.63) is 0 Å². The number of carbonyl (C=O) groups excluding carboxylic acids is 1. The van der Waals surface area contributed by atoms with Crippen LogP contribution in [-0.2, 0) is 4.79 Å². The van der Waals surface area contributed by atoms with Gasteiger partial charge in [-0.1, -0.05) is 13.3 Å². The van der Waals surface area contributed by atoms with Crippen LogP contribution in [-0.4, -0.2) is 29.8 Å². The van der Waals surface area contributed by atoms with Crippen LogP contribution in [0.3, 0.4) is 0 Å². The first-order valence-electron chi connectivity index (χ1n) is 6.55. The molecule has 0 N–H and O–H groups in total. The van der Waals surface area contributed by atoms with Gasteiger partial charge in [0.15, 0.2) is 0 Å². The van der Waals surface area contributed by atoms with Crippen molar-refractivity contribution in [2.75, 3.05) is 13.1 Å². The minimum absolute atomic E-state index is 0.466. The van der Waals surface area contributed by atoms with Crippen LogP contribution >= 0.6 is 0 Å². The minimum atomic E-state index is 0.466. The summed E-state index contributed by atoms with van der Waals surface area (Å²) in [4.78, 5) is 13.7. The molecule has 2 nitrogen and oxygen atoms in total. The summed E-state index contributed by atoms with van der Waals surface area (Å²) in [6, 6.07) is 0.792. The Balaban J connectivity index is 1.78. The lowest BCUT2D eigenvalue weighted by Crippen LogP contribution is -2.43. The first kappa shape index (κ1) is 11.1. The van der Waals surface area contributed by atoms with E-state index in [1.165, 1.54) is 32.1 Å². The number of hydrogen-bond donors (Lipinski definition) is 0. The van der Waals surface area contributed by atoms with E-state index in [2.05, 4.69) is 11.8 Å². The number of nitrogens with zero attached hydrogens (tertiary/aromatic N) is 1. The van der Waals surface area contributed by atoms with Gasteiger partial charge >= 0.3 is 0 Å². The number of likely N-dealkylation sites (tertiary alicyclic amines) is 1. The molecule has 0 spiro atoms. The molecular formula is C13H23NO. The third-order valence-electron chi connectivity index (χ3n) is 4.27. The molecule has 0 aromatic heterocycles. The van der Waals surface area contributed by atoms with Gasteiger partial charge in [0.2, 0.25) is 0 Å². The molecular weight excluding hydrogens is 186 g/mol. The number of ketones is 1. The zero-order valence-corrected chi connectivity index (χ0v) is 9.87. The van der Waals surface area contributed by atoms with Gasteiger partial charge in [0.25, 0.3) is 0 Å². The van der Waals surface area contributed by atoms with Crippen molar-refractivity contribution >= 4 is 5.78 Å². The largest absolute Gasteiger partial charge is 0.300 e. The lowest BCUT2D eigenvalue weighted by molar-refractivity contribution is -0.122. The molecule has 1 heterocycles. The predicted octanol–water partition coefficient (Wildman–Crippen LogP) is 2.62. The van der Waals surface area contributed by atoms with Gasteiger partial charge in [-0.25, -0.2) is 0 Å². The average molecular weight is 209 g/mol. The minimum Gasteiger partial charge on any atom is -0.300 e. The van der Waals surface area contributed by atoms with Crippen LogP contribution in [0.4, 0.5) is 0 Å². The molecule has 2 aliphatic rings. The van der Waals surface area contributed by atoms with Crippen molar-refractivity contribution in [2.45, 2.75) is 57.9 Å². The summed E-state index contributed by atoms with van der Waals surface area (Å²) in [5.41, 5.74) is 0. The summed E-state index contributed by atoms with van der Waals surface area (Å²) < 4.78 is 0. The van der Waals surface area contributed by atoms with Crippen LogP contribution in [0.2, 0.25) is 0 Å². The molecule has 0 aromatic carbocycles. The average Bonchev–Trinajstić information content (AvgIpc) is 2.30. The normalized spacial score (nSPS) is 34.3. The fourth-order valence-electron chi connectivity index (χ4n) is 3.06. The molecule has 1 saturated heterocycles. The molecule has 1 saturated carbocycles. The van der Waals surface area contributed by atoms with Crippen molar-refractivity contribution in [3.8, 4) is 0 Å². The third-order valence-corrected chi connectivity index (χ3v) is 4.27. The second kappa shape index (κ2) is 5.11. The van der Waals surface area contributed by atoms with E-state index in [0.717, 1.165) is 37.9 Å². The van der Waals surface area contributed by atoms with Gasteiger partial charge in [0.05, 0.1) is 0 Å². The summed E-state index contributed by atoms with van der Waals surface area (Å²) in [6.07, 6.45) is 8.50. The van der Waals surface area contributed by atoms with E-state index in [0.29, 0.717) is 5.78 Å². The highest BCUT2D eigenvalue weighted by Crippen LogP contribution is 2.30. The molecule has 0 atom stereocenters. The highest BCUT2D eigenvalue weighted by atomic mass is 16.1. The Morgan fingerprint density at radius 3 is 2.27 bits per heavy atom. The molecule has 2 heteroatoms. The molecule has 0 bridgehead atoms. The number of carbonyl (C=O) groups is 1. The van der Waals surface area contributed by atoms with Crippen LogP contribution in [0, 0.1) is 5.92 Å². The molecule has 0 unspecified atom stereocenters. The van der Waals surface area contributed by atoms with Crippen LogP contribution in [0.15, 0.2) is 0 Å². The zero-order chi connectivity index (χ0) is 10.7. The van der Waals surface area contributed by atoms with Crippen molar-refractivity contribution < 1.29 is 4.79 Å². The summed E-state index contributed by atoms with van der Waals surface area (Å²) in [5, 5.41) is 0. The van der Waals surface area contributed by atoms with Crippen LogP contribution in [0.5, 0.6) is 0 Å². The Morgan fingerprint density at radius 1 is 1.13 bits per heavy atom. The SMILES string of the molecule is CCC1CCC(N2CCC(=O)CC2)CC1. The van der Waals surface area contributed by atoms with E-state index < -0.39 is 0 Å². The van der Waals surface area contributed by atoms with Gasteiger partial charge in [-0.2, -0.15) is 0 Å². The Bertz CT molecular complexity index is 209. The van der Waals surface area contributed by atoms with Crippen LogP contribution in [0.25, 0.3) is 0 Å². The fourth-order valence-corrected chi connectivity index (χ4v) is 3.06. The highest BCUT2D eigenvalue weighted by Gasteiger charge is 2.27. The predicted molar refractivity (Wildman–Crippen MR) is 61.9 cm³/mol. The van der Waals surface area contributed by atoms with Crippen molar-refractivity contribution in [2.24, 2.45) is 5.92 Å². The lowest BCUT2D eigenvalue weighted by atomic mass is 9.83. The summed E-state index contributed by atoms with van der Waals surface area (Å²) in [7, 11) is 0. The Morgan fingerprint density at radius 2 is 1.73 bits per heavy atom. The van der Waals surface area contributed by atoms with E-state index in [4.69, 9.17) is 0 Å². The van der Waals surface area contributed by atoms with E-state index in [1.54, 1.807) is 0 Å². The first-order valence-corrected chi connectivity index (χ1v) is 6.55. The zero-order valence-electron chi connectivity index (χ0n) is 9.87. The fraction of sp³-hybridized carbons (Fsp3) is 0.923. The number of rotatable bonds is 2. The van der Waals surface area contributed by atoms with E-state index in [1.807, 2.05) is 0 Å². The molecule has 2 rings (SSSR count). The Kier molecular flexibility index (Phi) is 3.79. The van der Waals surface area contributed by atoms with Crippen LogP contribution in [0.1, 0.15) is 51.9 Å². The van der Waals surface area contributed by atoms with E-state index >= 15 is 0 Å². The van der Waals surface area contributed by atoms with Gasteiger partial charge < -0.3 is 0 Å². The molecule has 1 aliphatic heterocycles. The summed E-state index contributed by atoms with van der Waals surface area (Å²) in [6.45, 7) is 4.37.